The number of amides is 2. The summed E-state index contributed by atoms with van der Waals surface area (Å²) in [5.74, 6) is -3.22. The molecule has 1 spiro atoms. The van der Waals surface area contributed by atoms with E-state index < -0.39 is 23.8 Å². The lowest BCUT2D eigenvalue weighted by Gasteiger charge is -2.32. The number of likely N-dealkylation sites (tertiary alicyclic amines) is 1. The molecule has 3 aromatic rings. The van der Waals surface area contributed by atoms with Gasteiger partial charge in [0.15, 0.2) is 17.0 Å². The minimum atomic E-state index is -2.90. The minimum absolute atomic E-state index is 0.0264. The first-order valence-electron chi connectivity index (χ1n) is 11.9. The minimum Gasteiger partial charge on any atom is -0.330 e. The Labute approximate surface area is 200 Å². The molecule has 2 amide bonds. The molecule has 9 nitrogen and oxygen atoms in total. The summed E-state index contributed by atoms with van der Waals surface area (Å²) in [6, 6.07) is 7.70. The normalized spacial score (nSPS) is 20.7. The van der Waals surface area contributed by atoms with Crippen molar-refractivity contribution in [2.75, 3.05) is 31.1 Å². The molecular formula is C24H25F2N7O2. The molecule has 3 aliphatic heterocycles. The number of benzene rings is 1. The Hall–Kier alpha value is -3.47. The van der Waals surface area contributed by atoms with E-state index >= 15 is 0 Å². The molecule has 2 fully saturated rings. The third-order valence-electron chi connectivity index (χ3n) is 7.42. The molecule has 6 rings (SSSR count). The second-order valence-corrected chi connectivity index (χ2v) is 9.37. The van der Waals surface area contributed by atoms with E-state index in [2.05, 4.69) is 20.3 Å². The lowest BCUT2D eigenvalue weighted by molar-refractivity contribution is -0.123. The Bertz CT molecular complexity index is 1350. The van der Waals surface area contributed by atoms with Gasteiger partial charge in [-0.25, -0.2) is 23.7 Å². The van der Waals surface area contributed by atoms with Crippen molar-refractivity contribution in [2.24, 2.45) is 0 Å². The fraction of sp³-hybridized carbons (Fsp3) is 0.458. The number of piperidine rings is 1. The molecule has 2 aromatic heterocycles. The molecule has 5 heterocycles. The van der Waals surface area contributed by atoms with Crippen molar-refractivity contribution in [2.45, 2.75) is 44.1 Å². The largest absolute Gasteiger partial charge is 0.330 e. The second-order valence-electron chi connectivity index (χ2n) is 9.37. The summed E-state index contributed by atoms with van der Waals surface area (Å²) < 4.78 is 29.2. The maximum atomic E-state index is 14.0. The smallest absolute Gasteiger partial charge is 0.290 e. The maximum absolute atomic E-state index is 14.0. The van der Waals surface area contributed by atoms with Crippen LogP contribution in [-0.2, 0) is 16.8 Å². The van der Waals surface area contributed by atoms with Crippen LogP contribution in [0.25, 0.3) is 11.2 Å². The van der Waals surface area contributed by atoms with E-state index in [1.807, 2.05) is 31.2 Å². The van der Waals surface area contributed by atoms with Crippen LogP contribution >= 0.6 is 0 Å². The average molecular weight is 482 g/mol. The number of aryl methyl sites for hydroxylation is 1. The number of hydrogen-bond acceptors (Lipinski definition) is 6. The predicted octanol–water partition coefficient (Wildman–Crippen LogP) is 2.63. The van der Waals surface area contributed by atoms with Crippen LogP contribution < -0.4 is 10.2 Å². The topological polar surface area (TPSA) is 96.2 Å². The first-order chi connectivity index (χ1) is 16.9. The number of fused-ring (bicyclic) bond motifs is 3. The maximum Gasteiger partial charge on any atom is 0.290 e. The van der Waals surface area contributed by atoms with Crippen LogP contribution in [-0.4, -0.2) is 68.3 Å². The van der Waals surface area contributed by atoms with E-state index in [1.54, 1.807) is 9.47 Å². The molecule has 11 heteroatoms. The molecular weight excluding hydrogens is 456 g/mol. The van der Waals surface area contributed by atoms with Gasteiger partial charge in [0, 0.05) is 19.5 Å². The first kappa shape index (κ1) is 22.0. The molecule has 0 saturated carbocycles. The molecule has 0 radical (unpaired) electrons. The number of para-hydroxylation sites is 1. The summed E-state index contributed by atoms with van der Waals surface area (Å²) in [6.45, 7) is 2.99. The Morgan fingerprint density at radius 2 is 1.91 bits per heavy atom. The second kappa shape index (κ2) is 7.77. The molecule has 0 bridgehead atoms. The number of alkyl halides is 2. The summed E-state index contributed by atoms with van der Waals surface area (Å²) in [4.78, 5) is 43.3. The van der Waals surface area contributed by atoms with E-state index in [0.717, 1.165) is 29.2 Å². The molecule has 2 saturated heterocycles. The van der Waals surface area contributed by atoms with E-state index in [4.69, 9.17) is 0 Å². The molecule has 182 valence electrons. The van der Waals surface area contributed by atoms with Gasteiger partial charge < -0.3 is 14.8 Å². The predicted molar refractivity (Wildman–Crippen MR) is 124 cm³/mol. The van der Waals surface area contributed by atoms with Gasteiger partial charge in [0.25, 0.3) is 11.8 Å². The third-order valence-corrected chi connectivity index (χ3v) is 7.42. The number of carbonyl (C=O) groups excluding carboxylic acids is 2. The highest BCUT2D eigenvalue weighted by Crippen LogP contribution is 2.50. The van der Waals surface area contributed by atoms with Gasteiger partial charge in [-0.3, -0.25) is 14.5 Å². The van der Waals surface area contributed by atoms with E-state index in [-0.39, 0.29) is 24.7 Å². The first-order valence-corrected chi connectivity index (χ1v) is 11.9. The zero-order chi connectivity index (χ0) is 24.4. The number of rotatable bonds is 3. The molecule has 1 N–H and O–H groups in total. The SMILES string of the molecule is CCn1c(C(=O)N2CCC(F)(F)C2)nc2c(N3C(=O)C4(CCNCC4)c4ccccc43)ncnc21. The number of nitrogens with zero attached hydrogens (tertiary/aromatic N) is 6. The molecule has 0 atom stereocenters. The fourth-order valence-electron chi connectivity index (χ4n) is 5.66. The Kier molecular flexibility index (Phi) is 4.89. The fourth-order valence-corrected chi connectivity index (χ4v) is 5.66. The summed E-state index contributed by atoms with van der Waals surface area (Å²) in [5.41, 5.74) is 1.76. The van der Waals surface area contributed by atoms with Gasteiger partial charge in [-0.05, 0) is 44.5 Å². The number of anilines is 2. The van der Waals surface area contributed by atoms with E-state index in [1.165, 1.54) is 6.33 Å². The van der Waals surface area contributed by atoms with Crippen molar-refractivity contribution < 1.29 is 18.4 Å². The van der Waals surface area contributed by atoms with Crippen molar-refractivity contribution in [1.29, 1.82) is 0 Å². The van der Waals surface area contributed by atoms with E-state index in [9.17, 15) is 18.4 Å². The number of hydrogen-bond donors (Lipinski definition) is 1. The van der Waals surface area contributed by atoms with Gasteiger partial charge in [-0.1, -0.05) is 18.2 Å². The molecule has 1 aromatic carbocycles. The van der Waals surface area contributed by atoms with Crippen molar-refractivity contribution in [1.82, 2.24) is 29.7 Å². The van der Waals surface area contributed by atoms with Crippen molar-refractivity contribution in [3.05, 3.63) is 42.0 Å². The van der Waals surface area contributed by atoms with Crippen LogP contribution in [0.5, 0.6) is 0 Å². The Morgan fingerprint density at radius 3 is 2.63 bits per heavy atom. The van der Waals surface area contributed by atoms with Crippen LogP contribution in [0.2, 0.25) is 0 Å². The molecule has 0 unspecified atom stereocenters. The lowest BCUT2D eigenvalue weighted by atomic mass is 9.74. The number of imidazole rings is 1. The van der Waals surface area contributed by atoms with Gasteiger partial charge >= 0.3 is 0 Å². The standard InChI is InChI=1S/C24H25F2N7O2/c1-2-32-18-17(30-20(32)21(34)31-12-9-24(25,26)13-31)19(29-14-28-18)33-16-6-4-3-5-15(16)23(22(33)35)7-10-27-11-8-23/h3-6,14,27H,2,7-13H2,1H3. The Balaban J connectivity index is 1.49. The molecule has 35 heavy (non-hydrogen) atoms. The molecule has 3 aliphatic rings. The number of carbonyl (C=O) groups is 2. The quantitative estimate of drug-likeness (QED) is 0.618. The van der Waals surface area contributed by atoms with Gasteiger partial charge in [-0.15, -0.1) is 0 Å². The summed E-state index contributed by atoms with van der Waals surface area (Å²) in [6.07, 6.45) is 2.33. The van der Waals surface area contributed by atoms with Crippen LogP contribution in [0.15, 0.2) is 30.6 Å². The van der Waals surface area contributed by atoms with E-state index in [0.29, 0.717) is 36.4 Å². The number of aromatic nitrogens is 4. The zero-order valence-corrected chi connectivity index (χ0v) is 19.3. The zero-order valence-electron chi connectivity index (χ0n) is 19.3. The highest BCUT2D eigenvalue weighted by atomic mass is 19.3. The highest BCUT2D eigenvalue weighted by molar-refractivity contribution is 6.15. The van der Waals surface area contributed by atoms with Crippen LogP contribution in [0.1, 0.15) is 42.4 Å². The average Bonchev–Trinajstić information content (AvgIpc) is 3.50. The van der Waals surface area contributed by atoms with Crippen molar-refractivity contribution >= 4 is 34.5 Å². The monoisotopic (exact) mass is 481 g/mol. The van der Waals surface area contributed by atoms with Crippen LogP contribution in [0.4, 0.5) is 20.3 Å². The summed E-state index contributed by atoms with van der Waals surface area (Å²) >= 11 is 0. The van der Waals surface area contributed by atoms with Crippen molar-refractivity contribution in [3.8, 4) is 0 Å². The summed E-state index contributed by atoms with van der Waals surface area (Å²) in [5, 5.41) is 3.33. The lowest BCUT2D eigenvalue weighted by Crippen LogP contribution is -2.46. The number of halogens is 2. The van der Waals surface area contributed by atoms with Gasteiger partial charge in [0.05, 0.1) is 17.6 Å². The third kappa shape index (κ3) is 3.17. The summed E-state index contributed by atoms with van der Waals surface area (Å²) in [7, 11) is 0. The molecule has 0 aliphatic carbocycles. The highest BCUT2D eigenvalue weighted by Gasteiger charge is 2.52. The number of nitrogens with one attached hydrogen (secondary N) is 1. The van der Waals surface area contributed by atoms with Crippen LogP contribution in [0, 0.1) is 0 Å². The van der Waals surface area contributed by atoms with Crippen LogP contribution in [0.3, 0.4) is 0 Å². The van der Waals surface area contributed by atoms with Gasteiger partial charge in [0.2, 0.25) is 11.7 Å². The van der Waals surface area contributed by atoms with Gasteiger partial charge in [0.1, 0.15) is 6.33 Å². The van der Waals surface area contributed by atoms with Gasteiger partial charge in [-0.2, -0.15) is 0 Å². The Morgan fingerprint density at radius 1 is 1.14 bits per heavy atom. The van der Waals surface area contributed by atoms with Crippen molar-refractivity contribution in [3.63, 3.8) is 0 Å².